The Kier molecular flexibility index (Phi) is 6.15. The van der Waals surface area contributed by atoms with E-state index in [4.69, 9.17) is 0 Å². The van der Waals surface area contributed by atoms with Crippen molar-refractivity contribution in [3.63, 3.8) is 0 Å². The molecule has 0 unspecified atom stereocenters. The second-order valence-corrected chi connectivity index (χ2v) is 5.58. The minimum absolute atomic E-state index is 0.270. The van der Waals surface area contributed by atoms with E-state index in [1.165, 1.54) is 18.3 Å². The highest BCUT2D eigenvalue weighted by atomic mass is 79.9. The Bertz CT molecular complexity index is 656. The van der Waals surface area contributed by atoms with E-state index in [2.05, 4.69) is 26.6 Å². The average molecular weight is 363 g/mol. The lowest BCUT2D eigenvalue weighted by atomic mass is 10.1. The van der Waals surface area contributed by atoms with Gasteiger partial charge < -0.3 is 10.6 Å². The highest BCUT2D eigenvalue weighted by Crippen LogP contribution is 2.11. The van der Waals surface area contributed by atoms with Gasteiger partial charge in [0.15, 0.2) is 0 Å². The highest BCUT2D eigenvalue weighted by Gasteiger charge is 1.98. The van der Waals surface area contributed by atoms with Crippen LogP contribution in [0.3, 0.4) is 0 Å². The number of hydrogen-bond donors (Lipinski definition) is 2. The summed E-state index contributed by atoms with van der Waals surface area (Å²) in [6.45, 7) is 0.548. The molecule has 22 heavy (non-hydrogen) atoms. The number of urea groups is 1. The minimum atomic E-state index is -0.282. The smallest absolute Gasteiger partial charge is 0.318 e. The Morgan fingerprint density at radius 1 is 1.18 bits per heavy atom. The second kappa shape index (κ2) is 8.34. The molecule has 0 aliphatic rings. The Balaban J connectivity index is 1.70. The number of nitrogens with one attached hydrogen (secondary N) is 2. The maximum absolute atomic E-state index is 12.7. The van der Waals surface area contributed by atoms with Crippen LogP contribution in [0, 0.1) is 5.82 Å². The fourth-order valence-electron chi connectivity index (χ4n) is 1.85. The van der Waals surface area contributed by atoms with E-state index in [1.807, 2.05) is 24.3 Å². The first-order chi connectivity index (χ1) is 10.6. The maximum Gasteiger partial charge on any atom is 0.318 e. The van der Waals surface area contributed by atoms with E-state index in [9.17, 15) is 9.18 Å². The Morgan fingerprint density at radius 2 is 1.95 bits per heavy atom. The first-order valence-electron chi connectivity index (χ1n) is 6.84. The summed E-state index contributed by atoms with van der Waals surface area (Å²) in [6, 6.07) is 13.7. The van der Waals surface area contributed by atoms with Crippen LogP contribution in [0.5, 0.6) is 0 Å². The van der Waals surface area contributed by atoms with Gasteiger partial charge in [0.2, 0.25) is 0 Å². The molecule has 0 bridgehead atoms. The number of carbonyl (C=O) groups is 1. The van der Waals surface area contributed by atoms with E-state index >= 15 is 0 Å². The van der Waals surface area contributed by atoms with Crippen molar-refractivity contribution in [2.45, 2.75) is 6.42 Å². The van der Waals surface area contributed by atoms with Crippen LogP contribution in [-0.2, 0) is 6.42 Å². The molecule has 0 atom stereocenters. The molecule has 3 nitrogen and oxygen atoms in total. The number of amides is 2. The Labute approximate surface area is 137 Å². The number of rotatable bonds is 5. The van der Waals surface area contributed by atoms with Crippen LogP contribution in [0.4, 0.5) is 9.18 Å². The van der Waals surface area contributed by atoms with Gasteiger partial charge in [0.05, 0.1) is 0 Å². The molecule has 2 rings (SSSR count). The van der Waals surface area contributed by atoms with Crippen LogP contribution in [-0.4, -0.2) is 12.6 Å². The van der Waals surface area contributed by atoms with Gasteiger partial charge in [0.25, 0.3) is 0 Å². The van der Waals surface area contributed by atoms with Crippen molar-refractivity contribution in [1.82, 2.24) is 10.6 Å². The summed E-state index contributed by atoms with van der Waals surface area (Å²) in [5.74, 6) is -0.282. The van der Waals surface area contributed by atoms with Crippen molar-refractivity contribution in [3.05, 3.63) is 76.1 Å². The van der Waals surface area contributed by atoms with Gasteiger partial charge in [0, 0.05) is 17.2 Å². The summed E-state index contributed by atoms with van der Waals surface area (Å²) in [6.07, 6.45) is 3.99. The van der Waals surface area contributed by atoms with Gasteiger partial charge in [-0.1, -0.05) is 40.2 Å². The van der Waals surface area contributed by atoms with Gasteiger partial charge in [-0.25, -0.2) is 9.18 Å². The van der Waals surface area contributed by atoms with Crippen LogP contribution in [0.25, 0.3) is 6.08 Å². The Morgan fingerprint density at radius 3 is 2.68 bits per heavy atom. The molecule has 114 valence electrons. The van der Waals surface area contributed by atoms with Gasteiger partial charge in [-0.3, -0.25) is 0 Å². The van der Waals surface area contributed by atoms with Gasteiger partial charge >= 0.3 is 6.03 Å². The summed E-state index contributed by atoms with van der Waals surface area (Å²) >= 11 is 3.41. The zero-order valence-electron chi connectivity index (χ0n) is 11.9. The molecule has 0 aliphatic heterocycles. The normalized spacial score (nSPS) is 10.6. The molecule has 0 fully saturated rings. The van der Waals surface area contributed by atoms with Crippen molar-refractivity contribution < 1.29 is 9.18 Å². The third-order valence-electron chi connectivity index (χ3n) is 2.95. The predicted molar refractivity (Wildman–Crippen MR) is 89.8 cm³/mol. The molecule has 2 aromatic rings. The lowest BCUT2D eigenvalue weighted by Gasteiger charge is -2.05. The monoisotopic (exact) mass is 362 g/mol. The van der Waals surface area contributed by atoms with Gasteiger partial charge in [-0.2, -0.15) is 0 Å². The van der Waals surface area contributed by atoms with Crippen molar-refractivity contribution in [1.29, 1.82) is 0 Å². The summed E-state index contributed by atoms with van der Waals surface area (Å²) in [5, 5.41) is 5.38. The molecule has 0 aliphatic carbocycles. The molecule has 0 heterocycles. The van der Waals surface area contributed by atoms with E-state index in [1.54, 1.807) is 18.2 Å². The van der Waals surface area contributed by atoms with Crippen molar-refractivity contribution >= 4 is 28.0 Å². The minimum Gasteiger partial charge on any atom is -0.338 e. The average Bonchev–Trinajstić information content (AvgIpc) is 2.49. The van der Waals surface area contributed by atoms with E-state index in [0.717, 1.165) is 22.0 Å². The van der Waals surface area contributed by atoms with Crippen LogP contribution in [0.15, 0.2) is 59.2 Å². The quantitative estimate of drug-likeness (QED) is 0.825. The van der Waals surface area contributed by atoms with Crippen LogP contribution >= 0.6 is 15.9 Å². The number of hydrogen-bond acceptors (Lipinski definition) is 1. The van der Waals surface area contributed by atoms with Gasteiger partial charge in [-0.05, 0) is 47.9 Å². The summed E-state index contributed by atoms with van der Waals surface area (Å²) in [5.41, 5.74) is 1.97. The topological polar surface area (TPSA) is 41.1 Å². The first-order valence-corrected chi connectivity index (χ1v) is 7.64. The number of halogens is 2. The molecule has 5 heteroatoms. The fourth-order valence-corrected chi connectivity index (χ4v) is 2.30. The van der Waals surface area contributed by atoms with Crippen LogP contribution in [0.1, 0.15) is 11.1 Å². The van der Waals surface area contributed by atoms with Crippen molar-refractivity contribution in [3.8, 4) is 0 Å². The molecule has 0 spiro atoms. The lowest BCUT2D eigenvalue weighted by Crippen LogP contribution is -2.33. The Hall–Kier alpha value is -2.14. The van der Waals surface area contributed by atoms with Gasteiger partial charge in [0.1, 0.15) is 5.82 Å². The van der Waals surface area contributed by atoms with E-state index in [-0.39, 0.29) is 11.8 Å². The van der Waals surface area contributed by atoms with E-state index in [0.29, 0.717) is 6.54 Å². The molecule has 0 radical (unpaired) electrons. The molecule has 2 N–H and O–H groups in total. The molecule has 0 saturated carbocycles. The number of benzene rings is 2. The molecule has 2 aromatic carbocycles. The zero-order valence-corrected chi connectivity index (χ0v) is 13.4. The third-order valence-corrected chi connectivity index (χ3v) is 3.44. The summed E-state index contributed by atoms with van der Waals surface area (Å²) in [4.78, 5) is 11.6. The maximum atomic E-state index is 12.7. The van der Waals surface area contributed by atoms with Crippen LogP contribution in [0.2, 0.25) is 0 Å². The molecular weight excluding hydrogens is 347 g/mol. The van der Waals surface area contributed by atoms with Gasteiger partial charge in [-0.15, -0.1) is 0 Å². The van der Waals surface area contributed by atoms with Crippen LogP contribution < -0.4 is 10.6 Å². The lowest BCUT2D eigenvalue weighted by molar-refractivity contribution is 0.244. The largest absolute Gasteiger partial charge is 0.338 e. The SMILES string of the molecule is O=C(N/C=C/c1ccc(F)cc1)NCCc1cccc(Br)c1. The second-order valence-electron chi connectivity index (χ2n) is 4.67. The molecular formula is C17H16BrFN2O. The van der Waals surface area contributed by atoms with Crippen molar-refractivity contribution in [2.75, 3.05) is 6.54 Å². The van der Waals surface area contributed by atoms with E-state index < -0.39 is 0 Å². The zero-order chi connectivity index (χ0) is 15.8. The molecule has 0 saturated heterocycles. The molecule has 2 amide bonds. The summed E-state index contributed by atoms with van der Waals surface area (Å²) < 4.78 is 13.8. The first kappa shape index (κ1) is 16.2. The number of carbonyl (C=O) groups excluding carboxylic acids is 1. The fraction of sp³-hybridized carbons (Fsp3) is 0.118. The standard InChI is InChI=1S/C17H16BrFN2O/c18-15-3-1-2-14(12-15)9-11-21-17(22)20-10-8-13-4-6-16(19)7-5-13/h1-8,10,12H,9,11H2,(H2,20,21,22)/b10-8+. The highest BCUT2D eigenvalue weighted by molar-refractivity contribution is 9.10. The third kappa shape index (κ3) is 5.69. The predicted octanol–water partition coefficient (Wildman–Crippen LogP) is 4.10. The molecule has 0 aromatic heterocycles. The summed E-state index contributed by atoms with van der Waals surface area (Å²) in [7, 11) is 0. The van der Waals surface area contributed by atoms with Crippen molar-refractivity contribution in [2.24, 2.45) is 0 Å².